The van der Waals surface area contributed by atoms with Crippen LogP contribution in [0.3, 0.4) is 0 Å². The minimum Gasteiger partial charge on any atom is -0.491 e. The first-order chi connectivity index (χ1) is 14.0. The van der Waals surface area contributed by atoms with Gasteiger partial charge in [-0.05, 0) is 68.5 Å². The number of carbonyl (C=O) groups is 1. The van der Waals surface area contributed by atoms with Gasteiger partial charge in [-0.2, -0.15) is 0 Å². The molecule has 0 radical (unpaired) electrons. The van der Waals surface area contributed by atoms with E-state index in [9.17, 15) is 13.2 Å². The summed E-state index contributed by atoms with van der Waals surface area (Å²) in [5.41, 5.74) is 4.39. The van der Waals surface area contributed by atoms with Crippen molar-refractivity contribution >= 4 is 21.6 Å². The molecule has 6 nitrogen and oxygen atoms in total. The maximum absolute atomic E-state index is 12.9. The lowest BCUT2D eigenvalue weighted by Gasteiger charge is -2.31. The van der Waals surface area contributed by atoms with Crippen LogP contribution in [0.5, 0.6) is 5.75 Å². The number of nitrogens with one attached hydrogen (secondary N) is 1. The second kappa shape index (κ2) is 9.98. The molecule has 2 rings (SSSR count). The van der Waals surface area contributed by atoms with Crippen LogP contribution in [-0.2, 0) is 14.8 Å². The second-order valence-electron chi connectivity index (χ2n) is 7.68. The highest BCUT2D eigenvalue weighted by Gasteiger charge is 2.32. The van der Waals surface area contributed by atoms with E-state index in [2.05, 4.69) is 5.32 Å². The highest BCUT2D eigenvalue weighted by atomic mass is 32.2. The van der Waals surface area contributed by atoms with Crippen molar-refractivity contribution in [1.29, 1.82) is 0 Å². The Morgan fingerprint density at radius 2 is 1.63 bits per heavy atom. The van der Waals surface area contributed by atoms with Crippen LogP contribution < -0.4 is 14.4 Å². The van der Waals surface area contributed by atoms with Crippen LogP contribution in [0.2, 0.25) is 0 Å². The Hall–Kier alpha value is -2.54. The number of hydrogen-bond donors (Lipinski definition) is 1. The smallest absolute Gasteiger partial charge is 0.244 e. The Labute approximate surface area is 180 Å². The van der Waals surface area contributed by atoms with Crippen molar-refractivity contribution in [1.82, 2.24) is 5.32 Å². The summed E-state index contributed by atoms with van der Waals surface area (Å²) in [7, 11) is -3.66. The van der Waals surface area contributed by atoms with Gasteiger partial charge in [0.2, 0.25) is 15.9 Å². The topological polar surface area (TPSA) is 75.7 Å². The van der Waals surface area contributed by atoms with Crippen LogP contribution in [0.4, 0.5) is 5.69 Å². The second-order valence-corrected chi connectivity index (χ2v) is 9.54. The summed E-state index contributed by atoms with van der Waals surface area (Å²) >= 11 is 0. The average molecular weight is 433 g/mol. The molecule has 0 aromatic heterocycles. The molecule has 0 bridgehead atoms. The lowest BCUT2D eigenvalue weighted by atomic mass is 10.1. The van der Waals surface area contributed by atoms with Gasteiger partial charge < -0.3 is 10.1 Å². The van der Waals surface area contributed by atoms with Gasteiger partial charge in [-0.3, -0.25) is 9.10 Å². The third-order valence-electron chi connectivity index (χ3n) is 4.93. The predicted octanol–water partition coefficient (Wildman–Crippen LogP) is 3.66. The summed E-state index contributed by atoms with van der Waals surface area (Å²) < 4.78 is 32.2. The zero-order chi connectivity index (χ0) is 22.5. The first-order valence-electron chi connectivity index (χ1n) is 10.1. The lowest BCUT2D eigenvalue weighted by Crippen LogP contribution is -2.50. The Balaban J connectivity index is 2.12. The number of benzene rings is 2. The summed E-state index contributed by atoms with van der Waals surface area (Å²) in [5.74, 6) is 0.442. The standard InChI is InChI=1S/C23H32N2O4S/c1-7-20(25(30(6,27)28)21-14-16(2)8-10-18(21)4)23(26)24-12-13-29-22-15-17(3)9-11-19(22)5/h8-11,14-15,20H,7,12-13H2,1-6H3,(H,24,26)/t20-/m0/s1. The zero-order valence-corrected chi connectivity index (χ0v) is 19.5. The number of sulfonamides is 1. The molecule has 7 heteroatoms. The van der Waals surface area contributed by atoms with Crippen molar-refractivity contribution in [3.8, 4) is 5.75 Å². The van der Waals surface area contributed by atoms with Crippen LogP contribution in [0, 0.1) is 27.7 Å². The van der Waals surface area contributed by atoms with E-state index >= 15 is 0 Å². The fourth-order valence-electron chi connectivity index (χ4n) is 3.31. The number of nitrogens with zero attached hydrogens (tertiary/aromatic N) is 1. The molecule has 0 saturated heterocycles. The maximum atomic E-state index is 12.9. The van der Waals surface area contributed by atoms with Gasteiger partial charge in [-0.15, -0.1) is 0 Å². The van der Waals surface area contributed by atoms with E-state index in [1.54, 1.807) is 13.0 Å². The molecule has 0 unspecified atom stereocenters. The van der Waals surface area contributed by atoms with Crippen molar-refractivity contribution in [3.05, 3.63) is 58.7 Å². The number of aryl methyl sites for hydroxylation is 4. The SMILES string of the molecule is CC[C@@H](C(=O)NCCOc1cc(C)ccc1C)N(c1cc(C)ccc1C)S(C)(=O)=O. The van der Waals surface area contributed by atoms with Crippen LogP contribution in [0.1, 0.15) is 35.6 Å². The third kappa shape index (κ3) is 5.98. The molecule has 0 spiro atoms. The molecular formula is C23H32N2O4S. The summed E-state index contributed by atoms with van der Waals surface area (Å²) in [6.07, 6.45) is 1.48. The van der Waals surface area contributed by atoms with Crippen molar-refractivity contribution in [2.45, 2.75) is 47.1 Å². The summed E-state index contributed by atoms with van der Waals surface area (Å²) in [6.45, 7) is 10.1. The molecule has 0 heterocycles. The van der Waals surface area contributed by atoms with Gasteiger partial charge in [-0.1, -0.05) is 31.2 Å². The minimum atomic E-state index is -3.66. The fraction of sp³-hybridized carbons (Fsp3) is 0.435. The molecule has 0 aliphatic heterocycles. The molecule has 0 fully saturated rings. The number of amides is 1. The van der Waals surface area contributed by atoms with Crippen LogP contribution in [-0.4, -0.2) is 39.8 Å². The molecule has 0 aliphatic carbocycles. The highest BCUT2D eigenvalue weighted by molar-refractivity contribution is 7.92. The number of rotatable bonds is 9. The number of ether oxygens (including phenoxy) is 1. The Morgan fingerprint density at radius 3 is 2.23 bits per heavy atom. The fourth-order valence-corrected chi connectivity index (χ4v) is 4.57. The van der Waals surface area contributed by atoms with E-state index in [-0.39, 0.29) is 12.5 Å². The molecular weight excluding hydrogens is 400 g/mol. The Kier molecular flexibility index (Phi) is 7.89. The number of hydrogen-bond acceptors (Lipinski definition) is 4. The predicted molar refractivity (Wildman–Crippen MR) is 122 cm³/mol. The van der Waals surface area contributed by atoms with E-state index in [1.807, 2.05) is 58.0 Å². The minimum absolute atomic E-state index is 0.285. The molecule has 1 amide bonds. The number of carbonyl (C=O) groups excluding carboxylic acids is 1. The summed E-state index contributed by atoms with van der Waals surface area (Å²) in [5, 5.41) is 2.82. The maximum Gasteiger partial charge on any atom is 0.244 e. The van der Waals surface area contributed by atoms with Crippen molar-refractivity contribution in [2.75, 3.05) is 23.7 Å². The Bertz CT molecular complexity index is 1000. The van der Waals surface area contributed by atoms with Crippen molar-refractivity contribution in [3.63, 3.8) is 0 Å². The van der Waals surface area contributed by atoms with Crippen molar-refractivity contribution in [2.24, 2.45) is 0 Å². The van der Waals surface area contributed by atoms with E-state index in [0.717, 1.165) is 34.3 Å². The molecule has 164 valence electrons. The van der Waals surface area contributed by atoms with Crippen LogP contribution >= 0.6 is 0 Å². The van der Waals surface area contributed by atoms with Gasteiger partial charge in [0.1, 0.15) is 18.4 Å². The van der Waals surface area contributed by atoms with Gasteiger partial charge >= 0.3 is 0 Å². The van der Waals surface area contributed by atoms with Gasteiger partial charge in [0.05, 0.1) is 18.5 Å². The third-order valence-corrected chi connectivity index (χ3v) is 6.10. The van der Waals surface area contributed by atoms with Crippen molar-refractivity contribution < 1.29 is 17.9 Å². The molecule has 1 N–H and O–H groups in total. The zero-order valence-electron chi connectivity index (χ0n) is 18.7. The molecule has 1 atom stereocenters. The average Bonchev–Trinajstić information content (AvgIpc) is 2.66. The molecule has 0 aliphatic rings. The molecule has 30 heavy (non-hydrogen) atoms. The normalized spacial score (nSPS) is 12.3. The van der Waals surface area contributed by atoms with Crippen LogP contribution in [0.15, 0.2) is 36.4 Å². The quantitative estimate of drug-likeness (QED) is 0.614. The first kappa shape index (κ1) is 23.7. The lowest BCUT2D eigenvalue weighted by molar-refractivity contribution is -0.122. The van der Waals surface area contributed by atoms with Gasteiger partial charge in [0.15, 0.2) is 0 Å². The first-order valence-corrected chi connectivity index (χ1v) is 11.9. The van der Waals surface area contributed by atoms with E-state index < -0.39 is 16.1 Å². The van der Waals surface area contributed by atoms with Gasteiger partial charge in [0, 0.05) is 0 Å². The monoisotopic (exact) mass is 432 g/mol. The van der Waals surface area contributed by atoms with E-state index in [4.69, 9.17) is 4.74 Å². The van der Waals surface area contributed by atoms with E-state index in [0.29, 0.717) is 18.7 Å². The van der Waals surface area contributed by atoms with Gasteiger partial charge in [-0.25, -0.2) is 8.42 Å². The molecule has 2 aromatic rings. The summed E-state index contributed by atoms with van der Waals surface area (Å²) in [4.78, 5) is 12.9. The summed E-state index contributed by atoms with van der Waals surface area (Å²) in [6, 6.07) is 10.7. The van der Waals surface area contributed by atoms with Gasteiger partial charge in [0.25, 0.3) is 0 Å². The molecule has 0 saturated carbocycles. The largest absolute Gasteiger partial charge is 0.491 e. The van der Waals surface area contributed by atoms with Crippen LogP contribution in [0.25, 0.3) is 0 Å². The van der Waals surface area contributed by atoms with E-state index in [1.165, 1.54) is 4.31 Å². The number of anilines is 1. The highest BCUT2D eigenvalue weighted by Crippen LogP contribution is 2.27. The molecule has 2 aromatic carbocycles. The Morgan fingerprint density at radius 1 is 1.03 bits per heavy atom.